The maximum Gasteiger partial charge on any atom is 0.285 e. The van der Waals surface area contributed by atoms with E-state index >= 15 is 0 Å². The van der Waals surface area contributed by atoms with Crippen LogP contribution < -0.4 is 0 Å². The van der Waals surface area contributed by atoms with Gasteiger partial charge < -0.3 is 18.9 Å². The minimum Gasteiger partial charge on any atom is -0.388 e. The van der Waals surface area contributed by atoms with Gasteiger partial charge in [-0.15, -0.1) is 10.1 Å². The fraction of sp³-hybridized carbons (Fsp3) is 0.407. The number of fused-ring (bicyclic) bond motifs is 2. The minimum atomic E-state index is -0.400. The summed E-state index contributed by atoms with van der Waals surface area (Å²) in [7, 11) is 15.6. The molecule has 12 nitrogen and oxygen atoms in total. The molecule has 0 bridgehead atoms. The van der Waals surface area contributed by atoms with E-state index in [1.54, 1.807) is 105 Å². The van der Waals surface area contributed by atoms with Crippen LogP contribution in [-0.2, 0) is 28.6 Å². The van der Waals surface area contributed by atoms with Crippen molar-refractivity contribution in [3.8, 4) is 0 Å². The van der Waals surface area contributed by atoms with Crippen LogP contribution in [-0.4, -0.2) is 105 Å². The summed E-state index contributed by atoms with van der Waals surface area (Å²) in [5.74, 6) is -1.60. The summed E-state index contributed by atoms with van der Waals surface area (Å²) < 4.78 is 17.0. The van der Waals surface area contributed by atoms with Crippen molar-refractivity contribution in [1.82, 2.24) is 10.1 Å². The Balaban J connectivity index is -0.000000468. The maximum atomic E-state index is 11.4. The Morgan fingerprint density at radius 3 is 0.692 bits per heavy atom. The van der Waals surface area contributed by atoms with Crippen LogP contribution in [0.15, 0.2) is 48.5 Å². The zero-order valence-electron chi connectivity index (χ0n) is 23.6. The summed E-state index contributed by atoms with van der Waals surface area (Å²) in [6.45, 7) is 0. The Kier molecular flexibility index (Phi) is 24.2. The number of carbonyl (C=O) groups is 4. The third kappa shape index (κ3) is 12.3. The van der Waals surface area contributed by atoms with Gasteiger partial charge in [-0.3, -0.25) is 28.9 Å². The third-order valence-corrected chi connectivity index (χ3v) is 3.88. The number of nitrogens with zero attached hydrogens (tertiary/aromatic N) is 2. The van der Waals surface area contributed by atoms with E-state index < -0.39 is 23.6 Å². The lowest BCUT2D eigenvalue weighted by Crippen LogP contribution is -2.28. The standard InChI is InChI=1S/2C9H7NO3.4C2H6O.CH4/c2*1-13-10-8(11)6-4-2-3-5-7(6)9(10)12;4*1-3-2;/h2*2-5H,1H3;4*1-2H3;1H4. The van der Waals surface area contributed by atoms with Crippen LogP contribution in [0.5, 0.6) is 0 Å². The fourth-order valence-electron chi connectivity index (χ4n) is 2.67. The molecule has 0 radical (unpaired) electrons. The normalized spacial score (nSPS) is 11.8. The molecule has 0 saturated heterocycles. The highest BCUT2D eigenvalue weighted by Crippen LogP contribution is 2.22. The second-order valence-corrected chi connectivity index (χ2v) is 6.90. The minimum absolute atomic E-state index is 0. The number of benzene rings is 2. The maximum absolute atomic E-state index is 11.4. The Morgan fingerprint density at radius 1 is 0.410 bits per heavy atom. The Hall–Kier alpha value is -3.52. The van der Waals surface area contributed by atoms with E-state index in [2.05, 4.69) is 28.6 Å². The van der Waals surface area contributed by atoms with E-state index in [4.69, 9.17) is 0 Å². The van der Waals surface area contributed by atoms with Crippen LogP contribution in [0.4, 0.5) is 0 Å². The molecule has 4 rings (SSSR count). The summed E-state index contributed by atoms with van der Waals surface area (Å²) >= 11 is 0. The quantitative estimate of drug-likeness (QED) is 0.509. The number of carbonyl (C=O) groups excluding carboxylic acids is 4. The predicted octanol–water partition coefficient (Wildman–Crippen LogP) is 3.37. The Morgan fingerprint density at radius 2 is 0.564 bits per heavy atom. The number of hydrogen-bond donors (Lipinski definition) is 0. The molecule has 2 aromatic rings. The van der Waals surface area contributed by atoms with Crippen molar-refractivity contribution in [3.05, 3.63) is 70.8 Å². The number of rotatable bonds is 2. The molecule has 2 heterocycles. The first kappa shape index (κ1) is 40.0. The van der Waals surface area contributed by atoms with Gasteiger partial charge in [0.2, 0.25) is 0 Å². The average Bonchev–Trinajstić information content (AvgIpc) is 3.30. The molecule has 2 aliphatic heterocycles. The SMILES string of the molecule is C.COC.COC.COC.COC.CON1C(=O)c2ccccc2C1=O.CON1C(=O)c2ccccc2C1=O. The van der Waals surface area contributed by atoms with Crippen molar-refractivity contribution in [2.45, 2.75) is 7.43 Å². The van der Waals surface area contributed by atoms with E-state index in [0.29, 0.717) is 22.3 Å². The van der Waals surface area contributed by atoms with Crippen LogP contribution in [0.3, 0.4) is 0 Å². The van der Waals surface area contributed by atoms with Crippen LogP contribution >= 0.6 is 0 Å². The van der Waals surface area contributed by atoms with Crippen molar-refractivity contribution in [2.24, 2.45) is 0 Å². The van der Waals surface area contributed by atoms with E-state index in [9.17, 15) is 19.2 Å². The van der Waals surface area contributed by atoms with E-state index in [1.165, 1.54) is 14.2 Å². The molecule has 0 aliphatic carbocycles. The molecule has 220 valence electrons. The van der Waals surface area contributed by atoms with Crippen molar-refractivity contribution >= 4 is 23.6 Å². The van der Waals surface area contributed by atoms with Gasteiger partial charge in [0.05, 0.1) is 36.5 Å². The highest BCUT2D eigenvalue weighted by molar-refractivity contribution is 6.21. The molecule has 2 aromatic carbocycles. The van der Waals surface area contributed by atoms with Crippen LogP contribution in [0.25, 0.3) is 0 Å². The fourth-order valence-corrected chi connectivity index (χ4v) is 2.67. The van der Waals surface area contributed by atoms with E-state index in [0.717, 1.165) is 10.1 Å². The van der Waals surface area contributed by atoms with E-state index in [1.807, 2.05) is 0 Å². The van der Waals surface area contributed by atoms with Gasteiger partial charge in [0, 0.05) is 56.9 Å². The van der Waals surface area contributed by atoms with Crippen LogP contribution in [0, 0.1) is 0 Å². The molecule has 2 aliphatic rings. The Labute approximate surface area is 231 Å². The lowest BCUT2D eigenvalue weighted by atomic mass is 10.1. The molecule has 0 N–H and O–H groups in total. The first-order chi connectivity index (χ1) is 18.2. The largest absolute Gasteiger partial charge is 0.388 e. The molecule has 0 aromatic heterocycles. The highest BCUT2D eigenvalue weighted by Gasteiger charge is 2.36. The second kappa shape index (κ2) is 23.6. The van der Waals surface area contributed by atoms with Crippen molar-refractivity contribution in [1.29, 1.82) is 0 Å². The third-order valence-electron chi connectivity index (χ3n) is 3.88. The van der Waals surface area contributed by atoms with Gasteiger partial charge in [-0.05, 0) is 24.3 Å². The van der Waals surface area contributed by atoms with Crippen molar-refractivity contribution in [2.75, 3.05) is 71.1 Å². The lowest BCUT2D eigenvalue weighted by molar-refractivity contribution is -0.0649. The number of hydrogen-bond acceptors (Lipinski definition) is 10. The molecule has 4 amide bonds. The summed E-state index contributed by atoms with van der Waals surface area (Å²) in [5, 5.41) is 1.51. The highest BCUT2D eigenvalue weighted by atomic mass is 16.7. The molecule has 0 fully saturated rings. The smallest absolute Gasteiger partial charge is 0.285 e. The van der Waals surface area contributed by atoms with Gasteiger partial charge in [-0.2, -0.15) is 0 Å². The molecule has 39 heavy (non-hydrogen) atoms. The number of hydroxylamine groups is 4. The van der Waals surface area contributed by atoms with Crippen molar-refractivity contribution in [3.63, 3.8) is 0 Å². The van der Waals surface area contributed by atoms with E-state index in [-0.39, 0.29) is 7.43 Å². The summed E-state index contributed by atoms with van der Waals surface area (Å²) in [6, 6.07) is 13.3. The second-order valence-electron chi connectivity index (χ2n) is 6.90. The summed E-state index contributed by atoms with van der Waals surface area (Å²) in [4.78, 5) is 55.0. The molecule has 0 spiro atoms. The van der Waals surface area contributed by atoms with Gasteiger partial charge in [0.25, 0.3) is 23.6 Å². The van der Waals surface area contributed by atoms with Gasteiger partial charge >= 0.3 is 0 Å². The van der Waals surface area contributed by atoms with Gasteiger partial charge in [-0.1, -0.05) is 31.7 Å². The first-order valence-electron chi connectivity index (χ1n) is 10.8. The zero-order chi connectivity index (χ0) is 29.7. The zero-order valence-corrected chi connectivity index (χ0v) is 23.6. The summed E-state index contributed by atoms with van der Waals surface area (Å²) in [6.07, 6.45) is 0. The topological polar surface area (TPSA) is 130 Å². The first-order valence-corrected chi connectivity index (χ1v) is 10.8. The number of amides is 4. The number of imide groups is 2. The number of ether oxygens (including phenoxy) is 4. The van der Waals surface area contributed by atoms with Gasteiger partial charge in [-0.25, -0.2) is 0 Å². The molecular formula is C27H42N2O10. The molecule has 0 atom stereocenters. The Bertz CT molecular complexity index is 845. The van der Waals surface area contributed by atoms with Gasteiger partial charge in [0.1, 0.15) is 0 Å². The molecule has 0 saturated carbocycles. The average molecular weight is 555 g/mol. The molecule has 0 unspecified atom stereocenters. The molecule has 12 heteroatoms. The molecular weight excluding hydrogens is 512 g/mol. The predicted molar refractivity (Wildman–Crippen MR) is 146 cm³/mol. The van der Waals surface area contributed by atoms with Crippen LogP contribution in [0.2, 0.25) is 0 Å². The van der Waals surface area contributed by atoms with Gasteiger partial charge in [0.15, 0.2) is 0 Å². The monoisotopic (exact) mass is 554 g/mol. The van der Waals surface area contributed by atoms with Crippen molar-refractivity contribution < 1.29 is 47.8 Å². The lowest BCUT2D eigenvalue weighted by Gasteiger charge is -2.07. The summed E-state index contributed by atoms with van der Waals surface area (Å²) in [5.41, 5.74) is 1.59. The number of methoxy groups -OCH3 is 4. The van der Waals surface area contributed by atoms with Crippen LogP contribution in [0.1, 0.15) is 48.9 Å².